The van der Waals surface area contributed by atoms with Gasteiger partial charge in [-0.05, 0) is 60.7 Å². The molecule has 5 N–H and O–H groups in total. The summed E-state index contributed by atoms with van der Waals surface area (Å²) >= 11 is 0. The van der Waals surface area contributed by atoms with Crippen LogP contribution in [0.4, 0.5) is 28.4 Å². The highest BCUT2D eigenvalue weighted by molar-refractivity contribution is 7.86. The topological polar surface area (TPSA) is 239 Å². The lowest BCUT2D eigenvalue weighted by atomic mass is 10.1. The number of benzene rings is 4. The van der Waals surface area contributed by atoms with Crippen molar-refractivity contribution in [2.24, 2.45) is 20.5 Å². The molecule has 0 spiro atoms. The first-order valence-electron chi connectivity index (χ1n) is 10.5. The summed E-state index contributed by atoms with van der Waals surface area (Å²) in [5, 5.41) is 15.8. The largest absolute Gasteiger partial charge is 0.398 e. The average Bonchev–Trinajstić information content (AvgIpc) is 2.86. The zero-order valence-corrected chi connectivity index (χ0v) is 21.8. The van der Waals surface area contributed by atoms with Crippen molar-refractivity contribution in [3.8, 4) is 0 Å². The van der Waals surface area contributed by atoms with E-state index < -0.39 is 40.1 Å². The van der Waals surface area contributed by atoms with Crippen LogP contribution < -0.4 is 5.73 Å². The minimum atomic E-state index is -4.82. The van der Waals surface area contributed by atoms with Gasteiger partial charge >= 0.3 is 0 Å². The van der Waals surface area contributed by atoms with E-state index in [9.17, 15) is 34.4 Å². The van der Waals surface area contributed by atoms with Gasteiger partial charge in [-0.2, -0.15) is 35.5 Å². The summed E-state index contributed by atoms with van der Waals surface area (Å²) in [5.41, 5.74) is 5.91. The van der Waals surface area contributed by atoms with E-state index >= 15 is 0 Å². The molecule has 0 aromatic heterocycles. The van der Waals surface area contributed by atoms with Gasteiger partial charge in [-0.25, -0.2) is 0 Å². The van der Waals surface area contributed by atoms with Crippen LogP contribution in [-0.2, 0) is 30.4 Å². The Morgan fingerprint density at radius 2 is 1.13 bits per heavy atom. The first-order chi connectivity index (χ1) is 18.1. The van der Waals surface area contributed by atoms with Crippen molar-refractivity contribution in [1.29, 1.82) is 0 Å². The number of fused-ring (bicyclic) bond motifs is 1. The molecule has 0 aliphatic heterocycles. The molecule has 4 aromatic rings. The maximum atomic E-state index is 12.0. The Bertz CT molecular complexity index is 1990. The highest BCUT2D eigenvalue weighted by atomic mass is 32.2. The van der Waals surface area contributed by atoms with E-state index in [2.05, 4.69) is 20.5 Å². The van der Waals surface area contributed by atoms with Gasteiger partial charge in [0.2, 0.25) is 0 Å². The van der Waals surface area contributed by atoms with Crippen molar-refractivity contribution in [2.45, 2.75) is 14.7 Å². The predicted molar refractivity (Wildman–Crippen MR) is 139 cm³/mol. The van der Waals surface area contributed by atoms with Crippen LogP contribution in [0.15, 0.2) is 108 Å². The summed E-state index contributed by atoms with van der Waals surface area (Å²) < 4.78 is 98.2. The van der Waals surface area contributed by atoms with Gasteiger partial charge in [0.15, 0.2) is 0 Å². The van der Waals surface area contributed by atoms with E-state index in [4.69, 9.17) is 10.3 Å². The Morgan fingerprint density at radius 1 is 0.564 bits per heavy atom. The van der Waals surface area contributed by atoms with E-state index in [1.165, 1.54) is 48.5 Å². The Labute approximate surface area is 221 Å². The molecule has 4 rings (SSSR count). The minimum Gasteiger partial charge on any atom is -0.398 e. The third-order valence-electron chi connectivity index (χ3n) is 5.19. The first-order valence-corrected chi connectivity index (χ1v) is 14.8. The lowest BCUT2D eigenvalue weighted by Crippen LogP contribution is -2.01. The number of nitrogens with zero attached hydrogens (tertiary/aromatic N) is 4. The second kappa shape index (κ2) is 10.2. The van der Waals surface area contributed by atoms with E-state index in [0.29, 0.717) is 0 Å². The highest BCUT2D eigenvalue weighted by Gasteiger charge is 2.19. The molecule has 0 aliphatic carbocycles. The number of hydrogen-bond donors (Lipinski definition) is 4. The van der Waals surface area contributed by atoms with Gasteiger partial charge in [-0.3, -0.25) is 13.7 Å². The van der Waals surface area contributed by atoms with Gasteiger partial charge in [0.05, 0.1) is 22.0 Å². The molecule has 0 atom stereocenters. The van der Waals surface area contributed by atoms with Gasteiger partial charge in [-0.15, -0.1) is 10.2 Å². The quantitative estimate of drug-likeness (QED) is 0.127. The van der Waals surface area contributed by atoms with Crippen LogP contribution in [0.2, 0.25) is 0 Å². The standard InChI is InChI=1S/C22H17N5O9S3/c23-17-9-11-18(16-2-1-3-20(22(16)17)38(31,32)33)26-27-19-10-6-14(12-21(19)39(34,35)36)25-24-13-4-7-15(8-5-13)37(28,29)30/h1-12H,23H2,(H,28,29,30)(H,31,32,33)(H,34,35,36). The van der Waals surface area contributed by atoms with Crippen LogP contribution >= 0.6 is 0 Å². The molecule has 0 unspecified atom stereocenters. The summed E-state index contributed by atoms with van der Waals surface area (Å²) in [6.45, 7) is 0. The molecule has 0 saturated carbocycles. The van der Waals surface area contributed by atoms with Gasteiger partial charge in [0.25, 0.3) is 30.4 Å². The molecule has 0 amide bonds. The van der Waals surface area contributed by atoms with Crippen LogP contribution in [0.3, 0.4) is 0 Å². The zero-order chi connectivity index (χ0) is 28.6. The van der Waals surface area contributed by atoms with Gasteiger partial charge < -0.3 is 5.73 Å². The van der Waals surface area contributed by atoms with Crippen LogP contribution in [0.25, 0.3) is 10.8 Å². The van der Waals surface area contributed by atoms with Crippen LogP contribution in [0.5, 0.6) is 0 Å². The molecule has 0 saturated heterocycles. The van der Waals surface area contributed by atoms with Crippen LogP contribution in [0.1, 0.15) is 0 Å². The molecule has 0 bridgehead atoms. The monoisotopic (exact) mass is 591 g/mol. The van der Waals surface area contributed by atoms with Crippen molar-refractivity contribution in [3.63, 3.8) is 0 Å². The summed E-state index contributed by atoms with van der Waals surface area (Å²) in [5.74, 6) is 0. The molecule has 14 nitrogen and oxygen atoms in total. The predicted octanol–water partition coefficient (Wildman–Crippen LogP) is 4.99. The Kier molecular flexibility index (Phi) is 7.30. The number of azo groups is 2. The highest BCUT2D eigenvalue weighted by Crippen LogP contribution is 2.37. The van der Waals surface area contributed by atoms with Crippen molar-refractivity contribution >= 4 is 69.6 Å². The molecule has 39 heavy (non-hydrogen) atoms. The number of nitrogens with two attached hydrogens (primary N) is 1. The summed E-state index contributed by atoms with van der Waals surface area (Å²) in [6, 6.07) is 14.9. The average molecular weight is 592 g/mol. The number of rotatable bonds is 7. The minimum absolute atomic E-state index is 0.00756. The molecule has 0 heterocycles. The van der Waals surface area contributed by atoms with Crippen LogP contribution in [-0.4, -0.2) is 38.9 Å². The molecule has 0 radical (unpaired) electrons. The summed E-state index contributed by atoms with van der Waals surface area (Å²) in [4.78, 5) is -1.47. The van der Waals surface area contributed by atoms with E-state index in [-0.39, 0.29) is 44.1 Å². The summed E-state index contributed by atoms with van der Waals surface area (Å²) in [7, 11) is -13.8. The van der Waals surface area contributed by atoms with Crippen LogP contribution in [0, 0.1) is 0 Å². The molecule has 4 aromatic carbocycles. The fraction of sp³-hybridized carbons (Fsp3) is 0. The fourth-order valence-electron chi connectivity index (χ4n) is 3.45. The Hall–Kier alpha value is -4.13. The number of hydrogen-bond acceptors (Lipinski definition) is 11. The molecular weight excluding hydrogens is 574 g/mol. The van der Waals surface area contributed by atoms with Crippen molar-refractivity contribution < 1.29 is 38.9 Å². The van der Waals surface area contributed by atoms with Crippen molar-refractivity contribution in [1.82, 2.24) is 0 Å². The maximum absolute atomic E-state index is 12.0. The van der Waals surface area contributed by atoms with Gasteiger partial charge in [-0.1, -0.05) is 12.1 Å². The molecule has 0 fully saturated rings. The molecule has 17 heteroatoms. The SMILES string of the molecule is Nc1ccc(N=Nc2ccc(N=Nc3ccc(S(=O)(=O)O)cc3)cc2S(=O)(=O)O)c2cccc(S(=O)(=O)O)c12. The lowest BCUT2D eigenvalue weighted by molar-refractivity contribution is 0.481. The third-order valence-corrected chi connectivity index (χ3v) is 7.84. The molecule has 202 valence electrons. The Morgan fingerprint density at radius 3 is 1.74 bits per heavy atom. The van der Waals surface area contributed by atoms with E-state index in [1.807, 2.05) is 0 Å². The normalized spacial score (nSPS) is 13.0. The second-order valence-corrected chi connectivity index (χ2v) is 12.0. The third kappa shape index (κ3) is 6.30. The van der Waals surface area contributed by atoms with E-state index in [0.717, 1.165) is 24.3 Å². The molecular formula is C22H17N5O9S3. The van der Waals surface area contributed by atoms with Gasteiger partial charge in [0, 0.05) is 16.5 Å². The van der Waals surface area contributed by atoms with Crippen molar-refractivity contribution in [3.05, 3.63) is 72.8 Å². The smallest absolute Gasteiger partial charge is 0.296 e. The molecule has 0 aliphatic rings. The van der Waals surface area contributed by atoms with Crippen molar-refractivity contribution in [2.75, 3.05) is 5.73 Å². The number of anilines is 1. The Balaban J connectivity index is 1.72. The second-order valence-electron chi connectivity index (χ2n) is 7.82. The zero-order valence-electron chi connectivity index (χ0n) is 19.3. The summed E-state index contributed by atoms with van der Waals surface area (Å²) in [6.07, 6.45) is 0. The first kappa shape index (κ1) is 27.9. The lowest BCUT2D eigenvalue weighted by Gasteiger charge is -2.09. The maximum Gasteiger partial charge on any atom is 0.296 e. The van der Waals surface area contributed by atoms with E-state index in [1.54, 1.807) is 0 Å². The fourth-order valence-corrected chi connectivity index (χ4v) is 5.31. The number of nitrogen functional groups attached to an aromatic ring is 1. The van der Waals surface area contributed by atoms with Gasteiger partial charge in [0.1, 0.15) is 15.5 Å².